The highest BCUT2D eigenvalue weighted by atomic mass is 32.2. The average molecular weight is 308 g/mol. The molecule has 6 nitrogen and oxygen atoms in total. The summed E-state index contributed by atoms with van der Waals surface area (Å²) in [5.74, 6) is 0. The molecule has 1 fully saturated rings. The average Bonchev–Trinajstić information content (AvgIpc) is 3.12. The molecule has 0 bridgehead atoms. The fourth-order valence-corrected chi connectivity index (χ4v) is 4.18. The summed E-state index contributed by atoms with van der Waals surface area (Å²) in [6, 6.07) is 8.11. The highest BCUT2D eigenvalue weighted by Gasteiger charge is 2.34. The third-order valence-electron chi connectivity index (χ3n) is 4.14. The zero-order valence-electron chi connectivity index (χ0n) is 12.3. The summed E-state index contributed by atoms with van der Waals surface area (Å²) in [4.78, 5) is 0. The van der Waals surface area contributed by atoms with E-state index in [1.54, 1.807) is 11.4 Å². The normalized spacial score (nSPS) is 20.6. The number of benzene rings is 1. The molecule has 1 unspecified atom stereocenters. The molecule has 0 N–H and O–H groups in total. The molecule has 1 aromatic heterocycles. The van der Waals surface area contributed by atoms with Crippen molar-refractivity contribution in [3.05, 3.63) is 30.5 Å². The zero-order chi connectivity index (χ0) is 15.0. The van der Waals surface area contributed by atoms with Gasteiger partial charge in [0.05, 0.1) is 17.8 Å². The number of hydrogen-bond acceptors (Lipinski definition) is 3. The van der Waals surface area contributed by atoms with E-state index in [0.29, 0.717) is 19.6 Å². The largest absolute Gasteiger partial charge is 0.281 e. The second kappa shape index (κ2) is 5.40. The number of aromatic nitrogens is 2. The molecule has 2 aromatic rings. The Bertz CT molecular complexity index is 740. The Morgan fingerprint density at radius 2 is 2.14 bits per heavy atom. The third-order valence-corrected chi connectivity index (χ3v) is 6.17. The van der Waals surface area contributed by atoms with Crippen LogP contribution in [0.2, 0.25) is 0 Å². The smallest absolute Gasteiger partial charge is 0.260 e. The Balaban J connectivity index is 1.85. The van der Waals surface area contributed by atoms with Crippen molar-refractivity contribution < 1.29 is 8.42 Å². The molecule has 7 heteroatoms. The predicted molar refractivity (Wildman–Crippen MR) is 82.2 cm³/mol. The highest BCUT2D eigenvalue weighted by Crippen LogP contribution is 2.27. The maximum absolute atomic E-state index is 12.4. The molecule has 0 radical (unpaired) electrons. The fraction of sp³-hybridized carbons (Fsp3) is 0.500. The summed E-state index contributed by atoms with van der Waals surface area (Å²) in [5.41, 5.74) is 1.06. The van der Waals surface area contributed by atoms with Gasteiger partial charge in [0.2, 0.25) is 0 Å². The molecule has 1 aromatic carbocycles. The maximum Gasteiger partial charge on any atom is 0.281 e. The van der Waals surface area contributed by atoms with Crippen LogP contribution in [0.5, 0.6) is 0 Å². The first-order chi connectivity index (χ1) is 10.0. The summed E-state index contributed by atoms with van der Waals surface area (Å²) in [6.45, 7) is 3.35. The van der Waals surface area contributed by atoms with Gasteiger partial charge in [-0.15, -0.1) is 0 Å². The van der Waals surface area contributed by atoms with Crippen molar-refractivity contribution in [1.82, 2.24) is 18.4 Å². The Morgan fingerprint density at radius 3 is 2.90 bits per heavy atom. The molecule has 21 heavy (non-hydrogen) atoms. The summed E-state index contributed by atoms with van der Waals surface area (Å²) >= 11 is 0. The van der Waals surface area contributed by atoms with Gasteiger partial charge in [0.1, 0.15) is 0 Å². The molecule has 1 aliphatic rings. The summed E-state index contributed by atoms with van der Waals surface area (Å²) in [6.07, 6.45) is 2.63. The molecule has 1 atom stereocenters. The molecule has 114 valence electrons. The van der Waals surface area contributed by atoms with Crippen LogP contribution in [-0.4, -0.2) is 53.5 Å². The van der Waals surface area contributed by atoms with Crippen LogP contribution in [0, 0.1) is 0 Å². The van der Waals surface area contributed by atoms with Crippen LogP contribution >= 0.6 is 0 Å². The summed E-state index contributed by atoms with van der Waals surface area (Å²) < 4.78 is 29.6. The lowest BCUT2D eigenvalue weighted by Gasteiger charge is -2.23. The number of nitrogens with zero attached hydrogens (tertiary/aromatic N) is 4. The molecule has 0 spiro atoms. The van der Waals surface area contributed by atoms with Gasteiger partial charge in [-0.05, 0) is 12.5 Å². The summed E-state index contributed by atoms with van der Waals surface area (Å²) in [5, 5.41) is 5.53. The van der Waals surface area contributed by atoms with Crippen LogP contribution in [0.3, 0.4) is 0 Å². The minimum atomic E-state index is -3.34. The second-order valence-corrected chi connectivity index (χ2v) is 7.41. The minimum absolute atomic E-state index is 0.102. The number of para-hydroxylation sites is 1. The van der Waals surface area contributed by atoms with Crippen molar-refractivity contribution in [2.75, 3.05) is 26.7 Å². The van der Waals surface area contributed by atoms with Crippen molar-refractivity contribution in [3.63, 3.8) is 0 Å². The lowest BCUT2D eigenvalue weighted by atomic mass is 10.2. The lowest BCUT2D eigenvalue weighted by molar-refractivity contribution is 0.389. The lowest BCUT2D eigenvalue weighted by Crippen LogP contribution is -2.40. The maximum atomic E-state index is 12.4. The molecule has 0 aliphatic carbocycles. The van der Waals surface area contributed by atoms with E-state index in [-0.39, 0.29) is 6.04 Å². The molecule has 1 aliphatic heterocycles. The number of rotatable bonds is 4. The van der Waals surface area contributed by atoms with Crippen molar-refractivity contribution in [1.29, 1.82) is 0 Å². The van der Waals surface area contributed by atoms with E-state index in [1.807, 2.05) is 42.1 Å². The molecule has 3 rings (SSSR count). The van der Waals surface area contributed by atoms with Crippen molar-refractivity contribution in [2.24, 2.45) is 0 Å². The van der Waals surface area contributed by atoms with E-state index < -0.39 is 10.2 Å². The second-order valence-electron chi connectivity index (χ2n) is 5.37. The van der Waals surface area contributed by atoms with Crippen LogP contribution in [-0.2, 0) is 10.2 Å². The number of hydrogen-bond donors (Lipinski definition) is 0. The van der Waals surface area contributed by atoms with Crippen LogP contribution in [0.1, 0.15) is 19.4 Å². The van der Waals surface area contributed by atoms with Crippen LogP contribution in [0.25, 0.3) is 10.9 Å². The van der Waals surface area contributed by atoms with Crippen molar-refractivity contribution >= 4 is 21.1 Å². The minimum Gasteiger partial charge on any atom is -0.260 e. The van der Waals surface area contributed by atoms with Crippen LogP contribution in [0.15, 0.2) is 30.5 Å². The summed E-state index contributed by atoms with van der Waals surface area (Å²) in [7, 11) is -1.72. The van der Waals surface area contributed by atoms with Gasteiger partial charge in [-0.2, -0.15) is 22.1 Å². The number of fused-ring (bicyclic) bond motifs is 1. The highest BCUT2D eigenvalue weighted by molar-refractivity contribution is 7.86. The predicted octanol–water partition coefficient (Wildman–Crippen LogP) is 1.48. The van der Waals surface area contributed by atoms with E-state index in [9.17, 15) is 8.42 Å². The first kappa shape index (κ1) is 14.5. The van der Waals surface area contributed by atoms with Gasteiger partial charge in [-0.25, -0.2) is 0 Å². The fourth-order valence-electron chi connectivity index (χ4n) is 2.76. The Morgan fingerprint density at radius 1 is 1.38 bits per heavy atom. The zero-order valence-corrected chi connectivity index (χ0v) is 13.1. The topological polar surface area (TPSA) is 58.4 Å². The van der Waals surface area contributed by atoms with Crippen molar-refractivity contribution in [3.8, 4) is 0 Å². The first-order valence-corrected chi connectivity index (χ1v) is 8.57. The quantitative estimate of drug-likeness (QED) is 0.859. The molecule has 1 saturated heterocycles. The molecule has 0 saturated carbocycles. The van der Waals surface area contributed by atoms with Gasteiger partial charge in [-0.3, -0.25) is 4.68 Å². The molecule has 0 amide bonds. The monoisotopic (exact) mass is 308 g/mol. The molecule has 2 heterocycles. The van der Waals surface area contributed by atoms with Gasteiger partial charge in [-0.1, -0.05) is 25.1 Å². The van der Waals surface area contributed by atoms with Crippen LogP contribution in [0.4, 0.5) is 0 Å². The standard InChI is InChI=1S/C14H20N4O2S/c1-3-16(2)21(19,20)17-9-8-13(11-17)18-14-7-5-4-6-12(14)10-15-18/h4-7,10,13H,3,8-9,11H2,1-2H3. The van der Waals surface area contributed by atoms with E-state index in [2.05, 4.69) is 5.10 Å². The van der Waals surface area contributed by atoms with E-state index >= 15 is 0 Å². The Hall–Kier alpha value is -1.44. The van der Waals surface area contributed by atoms with Gasteiger partial charge in [0.25, 0.3) is 10.2 Å². The van der Waals surface area contributed by atoms with Gasteiger partial charge in [0, 0.05) is 32.1 Å². The van der Waals surface area contributed by atoms with E-state index in [1.165, 1.54) is 4.31 Å². The van der Waals surface area contributed by atoms with Crippen molar-refractivity contribution in [2.45, 2.75) is 19.4 Å². The van der Waals surface area contributed by atoms with Gasteiger partial charge < -0.3 is 0 Å². The Kier molecular flexibility index (Phi) is 3.73. The van der Waals surface area contributed by atoms with E-state index in [4.69, 9.17) is 0 Å². The molecular weight excluding hydrogens is 288 g/mol. The van der Waals surface area contributed by atoms with Crippen LogP contribution < -0.4 is 0 Å². The van der Waals surface area contributed by atoms with Gasteiger partial charge in [0.15, 0.2) is 0 Å². The first-order valence-electron chi connectivity index (χ1n) is 7.17. The third kappa shape index (κ3) is 2.45. The van der Waals surface area contributed by atoms with E-state index in [0.717, 1.165) is 17.3 Å². The molecular formula is C14H20N4O2S. The van der Waals surface area contributed by atoms with Gasteiger partial charge >= 0.3 is 0 Å². The Labute approximate surface area is 125 Å². The SMILES string of the molecule is CCN(C)S(=O)(=O)N1CCC(n2ncc3ccccc32)C1.